The number of likely N-dealkylation sites (tertiary alicyclic amines) is 1. The highest BCUT2D eigenvalue weighted by Crippen LogP contribution is 2.31. The van der Waals surface area contributed by atoms with Gasteiger partial charge in [0.25, 0.3) is 5.91 Å². The van der Waals surface area contributed by atoms with Gasteiger partial charge in [0.1, 0.15) is 0 Å². The van der Waals surface area contributed by atoms with Crippen LogP contribution in [0.15, 0.2) is 53.5 Å². The molecule has 2 heterocycles. The summed E-state index contributed by atoms with van der Waals surface area (Å²) in [4.78, 5) is 25.1. The monoisotopic (exact) mass is 369 g/mol. The van der Waals surface area contributed by atoms with E-state index >= 15 is 0 Å². The summed E-state index contributed by atoms with van der Waals surface area (Å²) in [6, 6.07) is 15.2. The van der Waals surface area contributed by atoms with Crippen molar-refractivity contribution in [2.45, 2.75) is 25.5 Å². The summed E-state index contributed by atoms with van der Waals surface area (Å²) >= 11 is 5.99. The number of nitrogens with zero attached hydrogens (tertiary/aromatic N) is 2. The van der Waals surface area contributed by atoms with Gasteiger partial charge in [-0.3, -0.25) is 4.79 Å². The molecule has 1 fully saturated rings. The lowest BCUT2D eigenvalue weighted by molar-refractivity contribution is -0.0849. The van der Waals surface area contributed by atoms with Gasteiger partial charge >= 0.3 is 0 Å². The van der Waals surface area contributed by atoms with E-state index in [1.54, 1.807) is 24.3 Å². The van der Waals surface area contributed by atoms with Crippen LogP contribution in [0.2, 0.25) is 5.02 Å². The third-order valence-corrected chi connectivity index (χ3v) is 5.12. The number of hydrogen-bond acceptors (Lipinski definition) is 4. The molecule has 1 saturated heterocycles. The van der Waals surface area contributed by atoms with Crippen LogP contribution < -0.4 is 5.48 Å². The molecule has 1 N–H and O–H groups in total. The first-order chi connectivity index (χ1) is 12.5. The molecular formula is C20H20ClN3O2. The SMILES string of the molecule is Cc1ccc(C2=NC3(CCN(C(=O)c4cccc(Cl)c4)CC3)ON2)cc1. The van der Waals surface area contributed by atoms with Gasteiger partial charge in [-0.15, -0.1) is 0 Å². The van der Waals surface area contributed by atoms with Gasteiger partial charge in [-0.05, 0) is 25.1 Å². The van der Waals surface area contributed by atoms with Crippen LogP contribution in [-0.2, 0) is 4.84 Å². The van der Waals surface area contributed by atoms with Crippen LogP contribution in [0.25, 0.3) is 0 Å². The number of halogens is 1. The number of rotatable bonds is 2. The van der Waals surface area contributed by atoms with Crippen LogP contribution in [0.1, 0.15) is 34.3 Å². The highest BCUT2D eigenvalue weighted by Gasteiger charge is 2.41. The van der Waals surface area contributed by atoms with Crippen LogP contribution in [0.4, 0.5) is 0 Å². The summed E-state index contributed by atoms with van der Waals surface area (Å²) in [5.41, 5.74) is 5.20. The van der Waals surface area contributed by atoms with Gasteiger partial charge in [0.2, 0.25) is 0 Å². The number of amides is 1. The van der Waals surface area contributed by atoms with Crippen molar-refractivity contribution >= 4 is 23.3 Å². The fraction of sp³-hybridized carbons (Fsp3) is 0.300. The largest absolute Gasteiger partial charge is 0.338 e. The van der Waals surface area contributed by atoms with Gasteiger partial charge in [0, 0.05) is 42.1 Å². The average molecular weight is 370 g/mol. The number of aliphatic imine (C=N–C) groups is 1. The summed E-state index contributed by atoms with van der Waals surface area (Å²) in [5, 5.41) is 0.569. The van der Waals surface area contributed by atoms with E-state index in [9.17, 15) is 4.79 Å². The van der Waals surface area contributed by atoms with Gasteiger partial charge in [-0.1, -0.05) is 47.5 Å². The number of carbonyl (C=O) groups is 1. The number of hydroxylamine groups is 1. The Kier molecular flexibility index (Phi) is 4.42. The van der Waals surface area contributed by atoms with Crippen LogP contribution in [0.3, 0.4) is 0 Å². The minimum Gasteiger partial charge on any atom is -0.338 e. The van der Waals surface area contributed by atoms with E-state index in [2.05, 4.69) is 24.5 Å². The molecule has 0 aromatic heterocycles. The van der Waals surface area contributed by atoms with E-state index in [4.69, 9.17) is 21.4 Å². The van der Waals surface area contributed by atoms with Crippen molar-refractivity contribution in [3.05, 3.63) is 70.2 Å². The molecule has 2 aromatic carbocycles. The average Bonchev–Trinajstić information content (AvgIpc) is 3.06. The summed E-state index contributed by atoms with van der Waals surface area (Å²) in [6.07, 6.45) is 1.31. The number of nitrogens with one attached hydrogen (secondary N) is 1. The Labute approximate surface area is 157 Å². The van der Waals surface area contributed by atoms with E-state index in [0.717, 1.165) is 11.4 Å². The standard InChI is InChI=1S/C20H20ClN3O2/c1-14-5-7-15(8-6-14)18-22-20(26-23-18)9-11-24(12-10-20)19(25)16-3-2-4-17(21)13-16/h2-8,13H,9-12H2,1H3,(H,22,23). The van der Waals surface area contributed by atoms with Crippen LogP contribution in [0.5, 0.6) is 0 Å². The maximum atomic E-state index is 12.6. The van der Waals surface area contributed by atoms with Gasteiger partial charge in [0.05, 0.1) is 0 Å². The molecule has 2 aromatic rings. The van der Waals surface area contributed by atoms with E-state index in [-0.39, 0.29) is 5.91 Å². The van der Waals surface area contributed by atoms with E-state index < -0.39 is 5.72 Å². The van der Waals surface area contributed by atoms with Crippen molar-refractivity contribution in [2.75, 3.05) is 13.1 Å². The van der Waals surface area contributed by atoms with Gasteiger partial charge < -0.3 is 4.90 Å². The zero-order valence-corrected chi connectivity index (χ0v) is 15.3. The molecule has 4 rings (SSSR count). The number of hydrogen-bond donors (Lipinski definition) is 1. The molecule has 6 heteroatoms. The summed E-state index contributed by atoms with van der Waals surface area (Å²) in [7, 11) is 0. The van der Waals surface area contributed by atoms with Crippen LogP contribution >= 0.6 is 11.6 Å². The van der Waals surface area contributed by atoms with Crippen molar-refractivity contribution < 1.29 is 9.63 Å². The Balaban J connectivity index is 1.45. The number of amidine groups is 1. The summed E-state index contributed by atoms with van der Waals surface area (Å²) < 4.78 is 0. The van der Waals surface area contributed by atoms with Crippen molar-refractivity contribution in [3.8, 4) is 0 Å². The number of piperidine rings is 1. The predicted octanol–water partition coefficient (Wildman–Crippen LogP) is 3.56. The highest BCUT2D eigenvalue weighted by molar-refractivity contribution is 6.30. The third kappa shape index (κ3) is 3.32. The van der Waals surface area contributed by atoms with Gasteiger partial charge in [-0.2, -0.15) is 0 Å². The second kappa shape index (κ2) is 6.74. The lowest BCUT2D eigenvalue weighted by Gasteiger charge is -2.35. The fourth-order valence-corrected chi connectivity index (χ4v) is 3.50. The summed E-state index contributed by atoms with van der Waals surface area (Å²) in [6.45, 7) is 3.24. The first-order valence-corrected chi connectivity index (χ1v) is 9.08. The molecule has 2 aliphatic rings. The molecule has 2 aliphatic heterocycles. The van der Waals surface area contributed by atoms with Crippen LogP contribution in [-0.4, -0.2) is 35.5 Å². The normalized spacial score (nSPS) is 18.5. The minimum absolute atomic E-state index is 0.00366. The number of benzene rings is 2. The second-order valence-corrected chi connectivity index (χ2v) is 7.22. The molecule has 0 bridgehead atoms. The van der Waals surface area contributed by atoms with Crippen molar-refractivity contribution in [1.82, 2.24) is 10.4 Å². The fourth-order valence-electron chi connectivity index (χ4n) is 3.30. The van der Waals surface area contributed by atoms with E-state index in [1.165, 1.54) is 5.56 Å². The van der Waals surface area contributed by atoms with Crippen molar-refractivity contribution in [1.29, 1.82) is 0 Å². The van der Waals surface area contributed by atoms with Gasteiger partial charge in [0.15, 0.2) is 11.6 Å². The molecule has 0 unspecified atom stereocenters. The molecule has 1 spiro atoms. The maximum Gasteiger partial charge on any atom is 0.253 e. The number of carbonyl (C=O) groups excluding carboxylic acids is 1. The topological polar surface area (TPSA) is 53.9 Å². The molecule has 0 atom stereocenters. The second-order valence-electron chi connectivity index (χ2n) is 6.78. The van der Waals surface area contributed by atoms with Crippen molar-refractivity contribution in [3.63, 3.8) is 0 Å². The molecule has 134 valence electrons. The smallest absolute Gasteiger partial charge is 0.253 e. The first-order valence-electron chi connectivity index (χ1n) is 8.70. The molecule has 0 saturated carbocycles. The quantitative estimate of drug-likeness (QED) is 0.880. The zero-order valence-electron chi connectivity index (χ0n) is 14.5. The van der Waals surface area contributed by atoms with Crippen molar-refractivity contribution in [2.24, 2.45) is 4.99 Å². The van der Waals surface area contributed by atoms with E-state index in [0.29, 0.717) is 36.5 Å². The predicted molar refractivity (Wildman–Crippen MR) is 101 cm³/mol. The summed E-state index contributed by atoms with van der Waals surface area (Å²) in [5.74, 6) is 0.746. The Morgan fingerprint density at radius 2 is 1.92 bits per heavy atom. The Hall–Kier alpha value is -2.37. The molecule has 5 nitrogen and oxygen atoms in total. The lowest BCUT2D eigenvalue weighted by Crippen LogP contribution is -2.46. The van der Waals surface area contributed by atoms with E-state index in [1.807, 2.05) is 17.0 Å². The lowest BCUT2D eigenvalue weighted by atomic mass is 10.00. The molecular weight excluding hydrogens is 350 g/mol. The van der Waals surface area contributed by atoms with Gasteiger partial charge in [-0.25, -0.2) is 15.3 Å². The zero-order chi connectivity index (χ0) is 18.1. The molecule has 0 radical (unpaired) electrons. The molecule has 0 aliphatic carbocycles. The Morgan fingerprint density at radius 1 is 1.19 bits per heavy atom. The number of aryl methyl sites for hydroxylation is 1. The minimum atomic E-state index is -0.592. The first kappa shape index (κ1) is 17.1. The third-order valence-electron chi connectivity index (χ3n) is 4.88. The molecule has 26 heavy (non-hydrogen) atoms. The van der Waals surface area contributed by atoms with Crippen LogP contribution in [0, 0.1) is 6.92 Å². The Morgan fingerprint density at radius 3 is 2.62 bits per heavy atom. The molecule has 1 amide bonds. The maximum absolute atomic E-state index is 12.6. The highest BCUT2D eigenvalue weighted by atomic mass is 35.5. The Bertz CT molecular complexity index is 856.